The lowest BCUT2D eigenvalue weighted by atomic mass is 10.0. The number of aryl methyl sites for hydroxylation is 1. The molecule has 2 rings (SSSR count). The number of carbonyl (C=O) groups is 1. The van der Waals surface area contributed by atoms with Crippen LogP contribution in [0.15, 0.2) is 4.52 Å². The van der Waals surface area contributed by atoms with Gasteiger partial charge in [-0.15, -0.1) is 0 Å². The van der Waals surface area contributed by atoms with Gasteiger partial charge in [0.15, 0.2) is 5.82 Å². The van der Waals surface area contributed by atoms with Crippen molar-refractivity contribution < 1.29 is 14.4 Å². The van der Waals surface area contributed by atoms with Crippen molar-refractivity contribution >= 4 is 5.97 Å². The second-order valence-corrected chi connectivity index (χ2v) is 4.05. The first-order valence-corrected chi connectivity index (χ1v) is 5.43. The highest BCUT2D eigenvalue weighted by Crippen LogP contribution is 2.18. The second-order valence-electron chi connectivity index (χ2n) is 4.05. The van der Waals surface area contributed by atoms with Gasteiger partial charge in [0.05, 0.1) is 6.54 Å². The summed E-state index contributed by atoms with van der Waals surface area (Å²) in [6, 6.07) is -0.410. The fourth-order valence-corrected chi connectivity index (χ4v) is 2.05. The molecular weight excluding hydrogens is 210 g/mol. The number of carboxylic acids is 1. The van der Waals surface area contributed by atoms with Crippen LogP contribution >= 0.6 is 0 Å². The van der Waals surface area contributed by atoms with Crippen LogP contribution in [0.2, 0.25) is 0 Å². The molecule has 0 saturated carbocycles. The zero-order valence-electron chi connectivity index (χ0n) is 9.22. The molecule has 0 aliphatic carbocycles. The highest BCUT2D eigenvalue weighted by Gasteiger charge is 2.29. The Labute approximate surface area is 93.2 Å². The summed E-state index contributed by atoms with van der Waals surface area (Å²) in [6.07, 6.45) is 2.70. The number of aliphatic carboxylic acids is 1. The van der Waals surface area contributed by atoms with Crippen LogP contribution in [0.25, 0.3) is 0 Å². The van der Waals surface area contributed by atoms with Gasteiger partial charge in [-0.3, -0.25) is 9.69 Å². The Morgan fingerprint density at radius 1 is 1.62 bits per heavy atom. The zero-order valence-corrected chi connectivity index (χ0v) is 9.22. The maximum absolute atomic E-state index is 11.1. The first-order valence-electron chi connectivity index (χ1n) is 5.43. The summed E-state index contributed by atoms with van der Waals surface area (Å²) in [4.78, 5) is 17.0. The van der Waals surface area contributed by atoms with E-state index < -0.39 is 12.0 Å². The predicted molar refractivity (Wildman–Crippen MR) is 54.7 cm³/mol. The molecule has 6 nitrogen and oxygen atoms in total. The van der Waals surface area contributed by atoms with Crippen molar-refractivity contribution in [3.63, 3.8) is 0 Å². The molecule has 1 saturated heterocycles. The maximum atomic E-state index is 11.1. The topological polar surface area (TPSA) is 79.5 Å². The quantitative estimate of drug-likeness (QED) is 0.820. The van der Waals surface area contributed by atoms with Crippen molar-refractivity contribution in [2.24, 2.45) is 0 Å². The number of nitrogens with zero attached hydrogens (tertiary/aromatic N) is 3. The van der Waals surface area contributed by atoms with Gasteiger partial charge in [0, 0.05) is 6.92 Å². The van der Waals surface area contributed by atoms with Crippen molar-refractivity contribution in [1.29, 1.82) is 0 Å². The van der Waals surface area contributed by atoms with Crippen LogP contribution in [0, 0.1) is 6.92 Å². The fraction of sp³-hybridized carbons (Fsp3) is 0.700. The number of hydrogen-bond donors (Lipinski definition) is 1. The Morgan fingerprint density at radius 3 is 3.06 bits per heavy atom. The first-order chi connectivity index (χ1) is 7.66. The third-order valence-electron chi connectivity index (χ3n) is 2.81. The smallest absolute Gasteiger partial charge is 0.320 e. The summed E-state index contributed by atoms with van der Waals surface area (Å²) in [6.45, 7) is 2.96. The second kappa shape index (κ2) is 4.61. The molecule has 88 valence electrons. The summed E-state index contributed by atoms with van der Waals surface area (Å²) >= 11 is 0. The van der Waals surface area contributed by atoms with Crippen LogP contribution in [-0.4, -0.2) is 38.7 Å². The van der Waals surface area contributed by atoms with E-state index >= 15 is 0 Å². The third kappa shape index (κ3) is 2.38. The average molecular weight is 225 g/mol. The first kappa shape index (κ1) is 11.1. The van der Waals surface area contributed by atoms with Gasteiger partial charge in [-0.05, 0) is 19.4 Å². The number of hydrogen-bond acceptors (Lipinski definition) is 5. The van der Waals surface area contributed by atoms with Gasteiger partial charge in [-0.1, -0.05) is 11.6 Å². The van der Waals surface area contributed by atoms with Crippen LogP contribution in [0.4, 0.5) is 0 Å². The van der Waals surface area contributed by atoms with Crippen molar-refractivity contribution in [1.82, 2.24) is 15.0 Å². The van der Waals surface area contributed by atoms with E-state index in [2.05, 4.69) is 10.1 Å². The molecule has 1 atom stereocenters. The van der Waals surface area contributed by atoms with Gasteiger partial charge >= 0.3 is 5.97 Å². The van der Waals surface area contributed by atoms with Crippen LogP contribution in [0.5, 0.6) is 0 Å². The molecule has 16 heavy (non-hydrogen) atoms. The number of piperidine rings is 1. The van der Waals surface area contributed by atoms with E-state index in [1.165, 1.54) is 0 Å². The maximum Gasteiger partial charge on any atom is 0.320 e. The lowest BCUT2D eigenvalue weighted by Crippen LogP contribution is -2.44. The molecule has 1 N–H and O–H groups in total. The summed E-state index contributed by atoms with van der Waals surface area (Å²) in [7, 11) is 0. The number of rotatable bonds is 3. The van der Waals surface area contributed by atoms with Crippen LogP contribution < -0.4 is 0 Å². The molecule has 1 aromatic rings. The number of carboxylic acid groups (broad SMARTS) is 1. The molecule has 1 fully saturated rings. The molecule has 1 unspecified atom stereocenters. The van der Waals surface area contributed by atoms with Gasteiger partial charge in [0.2, 0.25) is 5.89 Å². The van der Waals surface area contributed by atoms with E-state index in [0.717, 1.165) is 19.4 Å². The minimum absolute atomic E-state index is 0.410. The van der Waals surface area contributed by atoms with Crippen molar-refractivity contribution in [3.05, 3.63) is 11.7 Å². The molecule has 0 spiro atoms. The molecule has 0 radical (unpaired) electrons. The normalized spacial score (nSPS) is 22.2. The lowest BCUT2D eigenvalue weighted by molar-refractivity contribution is -0.144. The van der Waals surface area contributed by atoms with E-state index in [-0.39, 0.29) is 0 Å². The van der Waals surface area contributed by atoms with Gasteiger partial charge in [0.25, 0.3) is 0 Å². The number of aromatic nitrogens is 2. The van der Waals surface area contributed by atoms with Gasteiger partial charge in [-0.25, -0.2) is 0 Å². The third-order valence-corrected chi connectivity index (χ3v) is 2.81. The Morgan fingerprint density at radius 2 is 2.44 bits per heavy atom. The van der Waals surface area contributed by atoms with Gasteiger partial charge in [0.1, 0.15) is 6.04 Å². The van der Waals surface area contributed by atoms with Gasteiger partial charge in [-0.2, -0.15) is 4.98 Å². The van der Waals surface area contributed by atoms with E-state index in [9.17, 15) is 4.79 Å². The summed E-state index contributed by atoms with van der Waals surface area (Å²) in [5.41, 5.74) is 0. The van der Waals surface area contributed by atoms with E-state index in [1.807, 2.05) is 4.90 Å². The summed E-state index contributed by atoms with van der Waals surface area (Å²) < 4.78 is 4.87. The number of likely N-dealkylation sites (tertiary alicyclic amines) is 1. The largest absolute Gasteiger partial charge is 0.480 e. The van der Waals surface area contributed by atoms with E-state index in [4.69, 9.17) is 9.63 Å². The molecule has 1 aliphatic rings. The highest BCUT2D eigenvalue weighted by molar-refractivity contribution is 5.73. The molecule has 1 aromatic heterocycles. The molecule has 0 aromatic carbocycles. The molecule has 1 aliphatic heterocycles. The SMILES string of the molecule is Cc1nc(CN2CCCCC2C(=O)O)no1. The average Bonchev–Trinajstić information content (AvgIpc) is 2.64. The molecule has 2 heterocycles. The fourth-order valence-electron chi connectivity index (χ4n) is 2.05. The monoisotopic (exact) mass is 225 g/mol. The minimum atomic E-state index is -0.764. The Balaban J connectivity index is 2.03. The Bertz CT molecular complexity index is 377. The predicted octanol–water partition coefficient (Wildman–Crippen LogP) is 0.817. The Kier molecular flexibility index (Phi) is 3.19. The van der Waals surface area contributed by atoms with Crippen LogP contribution in [0.3, 0.4) is 0 Å². The van der Waals surface area contributed by atoms with E-state index in [1.54, 1.807) is 6.92 Å². The zero-order chi connectivity index (χ0) is 11.5. The Hall–Kier alpha value is -1.43. The lowest BCUT2D eigenvalue weighted by Gasteiger charge is -2.31. The van der Waals surface area contributed by atoms with E-state index in [0.29, 0.717) is 24.7 Å². The summed E-state index contributed by atoms with van der Waals surface area (Å²) in [5, 5.41) is 12.9. The van der Waals surface area contributed by atoms with Crippen LogP contribution in [-0.2, 0) is 11.3 Å². The standard InChI is InChI=1S/C10H15N3O3/c1-7-11-9(12-16-7)6-13-5-3-2-4-8(13)10(14)15/h8H,2-6H2,1H3,(H,14,15). The van der Waals surface area contributed by atoms with Crippen molar-refractivity contribution in [3.8, 4) is 0 Å². The van der Waals surface area contributed by atoms with Crippen LogP contribution in [0.1, 0.15) is 31.0 Å². The molecule has 0 bridgehead atoms. The highest BCUT2D eigenvalue weighted by atomic mass is 16.5. The molecule has 6 heteroatoms. The minimum Gasteiger partial charge on any atom is -0.480 e. The van der Waals surface area contributed by atoms with Crippen molar-refractivity contribution in [2.45, 2.75) is 38.8 Å². The van der Waals surface area contributed by atoms with Crippen molar-refractivity contribution in [2.75, 3.05) is 6.54 Å². The molecular formula is C10H15N3O3. The molecule has 0 amide bonds. The van der Waals surface area contributed by atoms with Gasteiger partial charge < -0.3 is 9.63 Å². The summed E-state index contributed by atoms with van der Waals surface area (Å²) in [5.74, 6) is 0.310.